The summed E-state index contributed by atoms with van der Waals surface area (Å²) < 4.78 is 4.78. The maximum Gasteiger partial charge on any atom is 0.137 e. The zero-order chi connectivity index (χ0) is 35.9. The van der Waals surface area contributed by atoms with Gasteiger partial charge in [0.05, 0.1) is 21.9 Å². The van der Waals surface area contributed by atoms with Crippen molar-refractivity contribution in [2.45, 2.75) is 33.1 Å². The van der Waals surface area contributed by atoms with Crippen molar-refractivity contribution in [1.82, 2.24) is 14.1 Å². The minimum atomic E-state index is 0.228. The van der Waals surface area contributed by atoms with Gasteiger partial charge in [-0.05, 0) is 97.5 Å². The quantitative estimate of drug-likeness (QED) is 0.181. The fourth-order valence-corrected chi connectivity index (χ4v) is 8.24. The number of hydrogen-bond donors (Lipinski definition) is 0. The largest absolute Gasteiger partial charge is 0.309 e. The molecule has 0 spiro atoms. The minimum Gasteiger partial charge on any atom is -0.309 e. The molecule has 6 aromatic carbocycles. The zero-order valence-electron chi connectivity index (χ0n) is 30.4. The Hall–Kier alpha value is -6.45. The second kappa shape index (κ2) is 13.6. The minimum absolute atomic E-state index is 0.228. The fraction of sp³-hybridized carbons (Fsp3) is 0.100. The number of aryl methyl sites for hydroxylation is 2. The number of fused-ring (bicyclic) bond motifs is 6. The number of para-hydroxylation sites is 3. The third kappa shape index (κ3) is 5.75. The van der Waals surface area contributed by atoms with Crippen LogP contribution in [-0.2, 0) is 0 Å². The molecule has 0 radical (unpaired) electrons. The van der Waals surface area contributed by atoms with E-state index in [1.165, 1.54) is 82.3 Å². The summed E-state index contributed by atoms with van der Waals surface area (Å²) in [5, 5.41) is 6.34. The van der Waals surface area contributed by atoms with Gasteiger partial charge < -0.3 is 4.57 Å². The Morgan fingerprint density at radius 2 is 1.15 bits per heavy atom. The van der Waals surface area contributed by atoms with Gasteiger partial charge in [-0.25, -0.2) is 4.98 Å². The molecule has 53 heavy (non-hydrogen) atoms. The lowest BCUT2D eigenvalue weighted by Gasteiger charge is -2.23. The van der Waals surface area contributed by atoms with Crippen molar-refractivity contribution in [2.24, 2.45) is 0 Å². The molecule has 256 valence electrons. The Kier molecular flexibility index (Phi) is 8.32. The lowest BCUT2D eigenvalue weighted by molar-refractivity contribution is 0.890. The van der Waals surface area contributed by atoms with E-state index in [1.54, 1.807) is 0 Å². The van der Waals surface area contributed by atoms with E-state index in [2.05, 4.69) is 176 Å². The van der Waals surface area contributed by atoms with Crippen LogP contribution < -0.4 is 10.6 Å². The highest BCUT2D eigenvalue weighted by atomic mass is 15.1. The molecule has 0 saturated carbocycles. The maximum absolute atomic E-state index is 4.74. The zero-order valence-corrected chi connectivity index (χ0v) is 30.4. The van der Waals surface area contributed by atoms with Crippen LogP contribution in [0.15, 0.2) is 164 Å². The summed E-state index contributed by atoms with van der Waals surface area (Å²) in [6.07, 6.45) is 7.73. The molecule has 1 atom stereocenters. The molecule has 10 rings (SSSR count). The normalized spacial score (nSPS) is 13.6. The molecular formula is C50H41N3. The SMILES string of the molecule is Cc1ccccc1.Cc1ccccc1-c1cc(-n2c3ccccc3c3ccccc32)cc(C2C=c3c(n(-c4ccccn4)c4ccccc34)=CC2)c1C. The van der Waals surface area contributed by atoms with E-state index in [4.69, 9.17) is 4.98 Å². The fourth-order valence-electron chi connectivity index (χ4n) is 8.24. The van der Waals surface area contributed by atoms with Crippen molar-refractivity contribution in [3.8, 4) is 22.6 Å². The van der Waals surface area contributed by atoms with E-state index < -0.39 is 0 Å². The molecule has 0 fully saturated rings. The number of benzene rings is 6. The highest BCUT2D eigenvalue weighted by Gasteiger charge is 2.22. The van der Waals surface area contributed by atoms with Crippen molar-refractivity contribution in [1.29, 1.82) is 0 Å². The summed E-state index contributed by atoms with van der Waals surface area (Å²) in [6, 6.07) is 56.4. The van der Waals surface area contributed by atoms with E-state index >= 15 is 0 Å². The summed E-state index contributed by atoms with van der Waals surface area (Å²) in [6.45, 7) is 6.62. The van der Waals surface area contributed by atoms with Crippen LogP contribution in [0.5, 0.6) is 0 Å². The van der Waals surface area contributed by atoms with Gasteiger partial charge in [0.15, 0.2) is 0 Å². The predicted octanol–water partition coefficient (Wildman–Crippen LogP) is 11.1. The van der Waals surface area contributed by atoms with Crippen molar-refractivity contribution in [3.63, 3.8) is 0 Å². The first-order valence-corrected chi connectivity index (χ1v) is 18.5. The third-order valence-electron chi connectivity index (χ3n) is 10.8. The molecule has 3 heterocycles. The van der Waals surface area contributed by atoms with Gasteiger partial charge in [0, 0.05) is 39.2 Å². The van der Waals surface area contributed by atoms with Crippen LogP contribution >= 0.6 is 0 Å². The molecule has 0 bridgehead atoms. The van der Waals surface area contributed by atoms with E-state index in [1.807, 2.05) is 30.5 Å². The van der Waals surface area contributed by atoms with Crippen molar-refractivity contribution in [2.75, 3.05) is 0 Å². The summed E-state index contributed by atoms with van der Waals surface area (Å²) in [7, 11) is 0. The molecule has 0 amide bonds. The van der Waals surface area contributed by atoms with Crippen molar-refractivity contribution >= 4 is 44.9 Å². The van der Waals surface area contributed by atoms with Gasteiger partial charge in [-0.15, -0.1) is 0 Å². The van der Waals surface area contributed by atoms with E-state index in [9.17, 15) is 0 Å². The summed E-state index contributed by atoms with van der Waals surface area (Å²) in [5.74, 6) is 1.18. The maximum atomic E-state index is 4.74. The molecule has 1 aliphatic carbocycles. The molecule has 3 aromatic heterocycles. The van der Waals surface area contributed by atoms with Gasteiger partial charge in [-0.2, -0.15) is 0 Å². The Bertz CT molecular complexity index is 2840. The number of nitrogens with zero attached hydrogens (tertiary/aromatic N) is 3. The standard InChI is InChI=1S/C43H33N3.C7H8/c1-28-13-3-4-14-32(28)37-27-31(45-39-18-8-5-15-33(39)34-16-6-9-19-40(34)45)26-36(29(37)2)30-22-23-42-38(25-30)35-17-7-10-20-41(35)46(42)43-21-11-12-24-44-43;1-7-5-3-2-4-6-7/h3-21,23-27,30H,22H2,1-2H3;2-6H,1H3. The molecule has 1 unspecified atom stereocenters. The van der Waals surface area contributed by atoms with Crippen molar-refractivity contribution < 1.29 is 0 Å². The van der Waals surface area contributed by atoms with Gasteiger partial charge in [0.25, 0.3) is 0 Å². The lowest BCUT2D eigenvalue weighted by Crippen LogP contribution is -2.32. The van der Waals surface area contributed by atoms with E-state index in [0.29, 0.717) is 0 Å². The molecule has 9 aromatic rings. The molecule has 0 aliphatic heterocycles. The van der Waals surface area contributed by atoms with E-state index in [0.717, 1.165) is 12.2 Å². The van der Waals surface area contributed by atoms with Crippen molar-refractivity contribution in [3.05, 3.63) is 197 Å². The predicted molar refractivity (Wildman–Crippen MR) is 223 cm³/mol. The van der Waals surface area contributed by atoms with Gasteiger partial charge in [0.1, 0.15) is 5.82 Å². The first-order chi connectivity index (χ1) is 26.1. The summed E-state index contributed by atoms with van der Waals surface area (Å²) in [4.78, 5) is 4.74. The third-order valence-corrected chi connectivity index (χ3v) is 10.8. The van der Waals surface area contributed by atoms with Gasteiger partial charge in [0.2, 0.25) is 0 Å². The molecule has 3 nitrogen and oxygen atoms in total. The topological polar surface area (TPSA) is 22.8 Å². The molecule has 3 heteroatoms. The Morgan fingerprint density at radius 3 is 1.79 bits per heavy atom. The molecule has 1 aliphatic rings. The second-order valence-electron chi connectivity index (χ2n) is 14.1. The molecular weight excluding hydrogens is 643 g/mol. The average molecular weight is 684 g/mol. The van der Waals surface area contributed by atoms with Gasteiger partial charge in [-0.1, -0.05) is 133 Å². The van der Waals surface area contributed by atoms with E-state index in [-0.39, 0.29) is 5.92 Å². The Balaban J connectivity index is 0.000000480. The van der Waals surface area contributed by atoms with Crippen LogP contribution in [0.4, 0.5) is 0 Å². The lowest BCUT2D eigenvalue weighted by atomic mass is 9.84. The van der Waals surface area contributed by atoms with Crippen LogP contribution in [-0.4, -0.2) is 14.1 Å². The number of aromatic nitrogens is 3. The van der Waals surface area contributed by atoms with Crippen LogP contribution in [0.25, 0.3) is 67.5 Å². The Labute approximate surface area is 310 Å². The first kappa shape index (κ1) is 32.5. The molecule has 0 saturated heterocycles. The average Bonchev–Trinajstić information content (AvgIpc) is 3.72. The van der Waals surface area contributed by atoms with Gasteiger partial charge >= 0.3 is 0 Å². The second-order valence-corrected chi connectivity index (χ2v) is 14.1. The summed E-state index contributed by atoms with van der Waals surface area (Å²) in [5.41, 5.74) is 12.8. The highest BCUT2D eigenvalue weighted by Crippen LogP contribution is 2.39. The monoisotopic (exact) mass is 683 g/mol. The Morgan fingerprint density at radius 1 is 0.547 bits per heavy atom. The number of pyridine rings is 1. The number of rotatable bonds is 4. The molecule has 0 N–H and O–H groups in total. The van der Waals surface area contributed by atoms with Crippen LogP contribution in [0.3, 0.4) is 0 Å². The smallest absolute Gasteiger partial charge is 0.137 e. The first-order valence-electron chi connectivity index (χ1n) is 18.5. The highest BCUT2D eigenvalue weighted by molar-refractivity contribution is 6.09. The van der Waals surface area contributed by atoms with Crippen LogP contribution in [0.1, 0.15) is 34.6 Å². The van der Waals surface area contributed by atoms with Crippen LogP contribution in [0, 0.1) is 20.8 Å². The summed E-state index contributed by atoms with van der Waals surface area (Å²) >= 11 is 0. The number of hydrogen-bond acceptors (Lipinski definition) is 1. The van der Waals surface area contributed by atoms with Gasteiger partial charge in [-0.3, -0.25) is 4.57 Å². The van der Waals surface area contributed by atoms with Crippen LogP contribution in [0.2, 0.25) is 0 Å².